The largest absolute Gasteiger partial charge is 0.340 e. The molecule has 21 heavy (non-hydrogen) atoms. The van der Waals surface area contributed by atoms with Crippen LogP contribution in [0.2, 0.25) is 0 Å². The van der Waals surface area contributed by atoms with Crippen LogP contribution in [0.3, 0.4) is 0 Å². The van der Waals surface area contributed by atoms with E-state index in [0.29, 0.717) is 0 Å². The van der Waals surface area contributed by atoms with E-state index in [2.05, 4.69) is 65.7 Å². The summed E-state index contributed by atoms with van der Waals surface area (Å²) in [6.45, 7) is 5.47. The minimum Gasteiger partial charge on any atom is -0.340 e. The van der Waals surface area contributed by atoms with Gasteiger partial charge >= 0.3 is 0 Å². The number of nitrogens with zero attached hydrogens (tertiary/aromatic N) is 1. The molecule has 0 amide bonds. The maximum atomic E-state index is 3.49. The van der Waals surface area contributed by atoms with E-state index in [0.717, 1.165) is 26.1 Å². The maximum Gasteiger partial charge on any atom is 0.0552 e. The molecule has 0 fully saturated rings. The summed E-state index contributed by atoms with van der Waals surface area (Å²) in [4.78, 5) is 5.19. The van der Waals surface area contributed by atoms with Gasteiger partial charge in [0.2, 0.25) is 0 Å². The molecule has 0 unspecified atom stereocenters. The van der Waals surface area contributed by atoms with E-state index in [1.54, 1.807) is 0 Å². The number of benzene rings is 2. The van der Waals surface area contributed by atoms with Crippen molar-refractivity contribution < 1.29 is 0 Å². The minimum absolute atomic E-state index is 1.06. The van der Waals surface area contributed by atoms with Crippen LogP contribution < -0.4 is 10.2 Å². The number of nitrogens with one attached hydrogen (secondary N) is 1. The molecule has 0 aromatic heterocycles. The molecule has 1 aliphatic rings. The highest BCUT2D eigenvalue weighted by molar-refractivity contribution is 7.99. The van der Waals surface area contributed by atoms with Crippen LogP contribution in [0.5, 0.6) is 0 Å². The second-order valence-corrected chi connectivity index (χ2v) is 6.38. The van der Waals surface area contributed by atoms with Gasteiger partial charge in [0.05, 0.1) is 11.4 Å². The van der Waals surface area contributed by atoms with Gasteiger partial charge in [-0.1, -0.05) is 43.0 Å². The summed E-state index contributed by atoms with van der Waals surface area (Å²) < 4.78 is 0. The zero-order valence-electron chi connectivity index (χ0n) is 12.5. The lowest BCUT2D eigenvalue weighted by Crippen LogP contribution is -2.25. The van der Waals surface area contributed by atoms with E-state index in [4.69, 9.17) is 0 Å². The first-order valence-electron chi connectivity index (χ1n) is 7.74. The Bertz CT molecular complexity index is 552. The highest BCUT2D eigenvalue weighted by atomic mass is 32.2. The average molecular weight is 298 g/mol. The lowest BCUT2D eigenvalue weighted by molar-refractivity contribution is 0.640. The maximum absolute atomic E-state index is 3.49. The third kappa shape index (κ3) is 3.25. The van der Waals surface area contributed by atoms with E-state index in [9.17, 15) is 0 Å². The van der Waals surface area contributed by atoms with Crippen molar-refractivity contribution in [1.29, 1.82) is 0 Å². The van der Waals surface area contributed by atoms with Crippen molar-refractivity contribution in [2.45, 2.75) is 29.6 Å². The number of hydrogen-bond donors (Lipinski definition) is 1. The van der Waals surface area contributed by atoms with E-state index < -0.39 is 0 Å². The Kier molecular flexibility index (Phi) is 4.84. The van der Waals surface area contributed by atoms with E-state index >= 15 is 0 Å². The molecule has 0 aliphatic carbocycles. The molecule has 0 atom stereocenters. The van der Waals surface area contributed by atoms with Crippen LogP contribution in [-0.2, 0) is 0 Å². The van der Waals surface area contributed by atoms with Gasteiger partial charge in [-0.05, 0) is 50.2 Å². The number of anilines is 2. The van der Waals surface area contributed by atoms with Crippen molar-refractivity contribution >= 4 is 23.1 Å². The van der Waals surface area contributed by atoms with Crippen LogP contribution >= 0.6 is 11.8 Å². The summed E-state index contributed by atoms with van der Waals surface area (Å²) in [5.41, 5.74) is 2.69. The lowest BCUT2D eigenvalue weighted by Gasteiger charge is -2.32. The molecule has 1 N–H and O–H groups in total. The Morgan fingerprint density at radius 1 is 0.905 bits per heavy atom. The van der Waals surface area contributed by atoms with Gasteiger partial charge in [-0.15, -0.1) is 0 Å². The number of rotatable bonds is 6. The van der Waals surface area contributed by atoms with E-state index in [-0.39, 0.29) is 0 Å². The zero-order chi connectivity index (χ0) is 14.5. The first-order valence-corrected chi connectivity index (χ1v) is 8.56. The summed E-state index contributed by atoms with van der Waals surface area (Å²) >= 11 is 1.88. The Labute approximate surface area is 131 Å². The van der Waals surface area contributed by atoms with Crippen molar-refractivity contribution in [3.63, 3.8) is 0 Å². The first kappa shape index (κ1) is 14.5. The van der Waals surface area contributed by atoms with Gasteiger partial charge in [0.1, 0.15) is 0 Å². The molecular formula is C18H22N2S. The molecule has 110 valence electrons. The molecule has 3 heteroatoms. The fraction of sp³-hybridized carbons (Fsp3) is 0.333. The predicted octanol–water partition coefficient (Wildman–Crippen LogP) is 4.68. The molecule has 0 saturated carbocycles. The number of fused-ring (bicyclic) bond motifs is 2. The van der Waals surface area contributed by atoms with Gasteiger partial charge in [-0.3, -0.25) is 0 Å². The lowest BCUT2D eigenvalue weighted by atomic mass is 10.2. The van der Waals surface area contributed by atoms with Crippen LogP contribution in [0, 0.1) is 0 Å². The van der Waals surface area contributed by atoms with Gasteiger partial charge in [0, 0.05) is 16.3 Å². The Morgan fingerprint density at radius 3 is 2.14 bits per heavy atom. The van der Waals surface area contributed by atoms with Crippen LogP contribution in [0.1, 0.15) is 19.8 Å². The SMILES string of the molecule is CCCNCCCN1c2ccccc2Sc2ccccc21. The van der Waals surface area contributed by atoms with Gasteiger partial charge in [0.25, 0.3) is 0 Å². The van der Waals surface area contributed by atoms with Crippen LogP contribution in [0.25, 0.3) is 0 Å². The third-order valence-corrected chi connectivity index (χ3v) is 4.82. The summed E-state index contributed by atoms with van der Waals surface area (Å²) in [6, 6.07) is 17.4. The molecule has 2 nitrogen and oxygen atoms in total. The standard InChI is InChI=1S/C18H22N2S/c1-2-12-19-13-7-14-20-15-8-3-5-10-17(15)21-18-11-6-4-9-16(18)20/h3-6,8-11,19H,2,7,12-14H2,1H3. The molecule has 2 aromatic rings. The van der Waals surface area contributed by atoms with Gasteiger partial charge in [-0.25, -0.2) is 0 Å². The monoisotopic (exact) mass is 298 g/mol. The highest BCUT2D eigenvalue weighted by Crippen LogP contribution is 2.47. The van der Waals surface area contributed by atoms with Crippen LogP contribution in [-0.4, -0.2) is 19.6 Å². The summed E-state index contributed by atoms with van der Waals surface area (Å²) in [5, 5.41) is 3.49. The quantitative estimate of drug-likeness (QED) is 0.780. The van der Waals surface area contributed by atoms with Crippen molar-refractivity contribution in [2.75, 3.05) is 24.5 Å². The number of para-hydroxylation sites is 2. The molecule has 1 aliphatic heterocycles. The fourth-order valence-electron chi connectivity index (χ4n) is 2.69. The fourth-order valence-corrected chi connectivity index (χ4v) is 3.78. The van der Waals surface area contributed by atoms with Crippen molar-refractivity contribution in [2.24, 2.45) is 0 Å². The Morgan fingerprint density at radius 2 is 1.52 bits per heavy atom. The Balaban J connectivity index is 1.78. The molecule has 0 radical (unpaired) electrons. The molecule has 0 spiro atoms. The Hall–Kier alpha value is -1.45. The van der Waals surface area contributed by atoms with Gasteiger partial charge in [-0.2, -0.15) is 0 Å². The second-order valence-electron chi connectivity index (χ2n) is 5.29. The van der Waals surface area contributed by atoms with Crippen LogP contribution in [0.15, 0.2) is 58.3 Å². The number of hydrogen-bond acceptors (Lipinski definition) is 3. The van der Waals surface area contributed by atoms with Crippen molar-refractivity contribution in [3.8, 4) is 0 Å². The topological polar surface area (TPSA) is 15.3 Å². The second kappa shape index (κ2) is 7.01. The average Bonchev–Trinajstić information content (AvgIpc) is 2.53. The summed E-state index contributed by atoms with van der Waals surface area (Å²) in [7, 11) is 0. The summed E-state index contributed by atoms with van der Waals surface area (Å²) in [6.07, 6.45) is 2.36. The predicted molar refractivity (Wildman–Crippen MR) is 91.8 cm³/mol. The minimum atomic E-state index is 1.06. The zero-order valence-corrected chi connectivity index (χ0v) is 13.3. The van der Waals surface area contributed by atoms with Gasteiger partial charge in [0.15, 0.2) is 0 Å². The smallest absolute Gasteiger partial charge is 0.0552 e. The van der Waals surface area contributed by atoms with E-state index in [1.165, 1.54) is 27.6 Å². The third-order valence-electron chi connectivity index (χ3n) is 3.69. The first-order chi connectivity index (χ1) is 10.4. The molecular weight excluding hydrogens is 276 g/mol. The van der Waals surface area contributed by atoms with Gasteiger partial charge < -0.3 is 10.2 Å². The van der Waals surface area contributed by atoms with E-state index in [1.807, 2.05) is 11.8 Å². The van der Waals surface area contributed by atoms with Crippen molar-refractivity contribution in [3.05, 3.63) is 48.5 Å². The van der Waals surface area contributed by atoms with Crippen molar-refractivity contribution in [1.82, 2.24) is 5.32 Å². The molecule has 3 rings (SSSR count). The normalized spacial score (nSPS) is 12.9. The molecule has 0 bridgehead atoms. The molecule has 0 saturated heterocycles. The summed E-state index contributed by atoms with van der Waals surface area (Å²) in [5.74, 6) is 0. The molecule has 1 heterocycles. The molecule has 2 aromatic carbocycles. The van der Waals surface area contributed by atoms with Crippen LogP contribution in [0.4, 0.5) is 11.4 Å². The highest BCUT2D eigenvalue weighted by Gasteiger charge is 2.21.